The molecule has 1 saturated heterocycles. The van der Waals surface area contributed by atoms with Crippen LogP contribution in [0.15, 0.2) is 101 Å². The Morgan fingerprint density at radius 1 is 0.671 bits per heavy atom. The van der Waals surface area contributed by atoms with E-state index in [-0.39, 0.29) is 79.6 Å². The van der Waals surface area contributed by atoms with Gasteiger partial charge in [0, 0.05) is 13.1 Å². The molecule has 2 saturated carbocycles. The molecule has 4 aromatic heterocycles. The first-order chi connectivity index (χ1) is 37.6. The molecule has 4 aromatic carbocycles. The summed E-state index contributed by atoms with van der Waals surface area (Å²) in [5.74, 6) is -1.31. The number of nitrogens with one attached hydrogen (secondary N) is 4. The minimum absolute atomic E-state index is 0.00286. The monoisotopic (exact) mass is 1320 g/mol. The van der Waals surface area contributed by atoms with Crippen molar-refractivity contribution in [2.24, 2.45) is 0 Å². The fourth-order valence-electron chi connectivity index (χ4n) is 10.3. The number of sulfonamides is 1. The Morgan fingerprint density at radius 3 is 1.78 bits per heavy atom. The molecule has 0 spiro atoms. The van der Waals surface area contributed by atoms with E-state index in [0.717, 1.165) is 19.1 Å². The molecule has 17 nitrogen and oxygen atoms in total. The van der Waals surface area contributed by atoms with Crippen LogP contribution < -0.4 is 64.2 Å². The molecule has 5 heterocycles. The van der Waals surface area contributed by atoms with Gasteiger partial charge in [0.15, 0.2) is 0 Å². The van der Waals surface area contributed by atoms with Crippen molar-refractivity contribution in [3.05, 3.63) is 165 Å². The molecule has 1 aliphatic heterocycles. The Labute approximate surface area is 474 Å². The molecular formula is C57H52F2I2N7O10S-. The average molecular weight is 1320 g/mol. The number of halogens is 4. The summed E-state index contributed by atoms with van der Waals surface area (Å²) in [5, 5.41) is 9.13. The third kappa shape index (κ3) is 10.5. The summed E-state index contributed by atoms with van der Waals surface area (Å²) in [6, 6.07) is 19.1. The normalized spacial score (nSPS) is 14.8. The van der Waals surface area contributed by atoms with Crippen LogP contribution in [0.3, 0.4) is 0 Å². The average Bonchev–Trinajstić information content (AvgIpc) is 4.56. The van der Waals surface area contributed by atoms with Crippen LogP contribution in [0.2, 0.25) is 0 Å². The van der Waals surface area contributed by atoms with Crippen molar-refractivity contribution < 1.29 is 56.8 Å². The van der Waals surface area contributed by atoms with E-state index >= 15 is 8.78 Å². The van der Waals surface area contributed by atoms with Crippen molar-refractivity contribution in [1.29, 1.82) is 0 Å². The summed E-state index contributed by atoms with van der Waals surface area (Å²) in [4.78, 5) is 71.8. The summed E-state index contributed by atoms with van der Waals surface area (Å²) >= 11 is 0.646. The molecule has 0 bridgehead atoms. The fraction of sp³-hybridized carbons (Fsp3) is 0.281. The van der Waals surface area contributed by atoms with Crippen molar-refractivity contribution in [1.82, 2.24) is 14.0 Å². The van der Waals surface area contributed by atoms with Crippen LogP contribution in [0.5, 0.6) is 0 Å². The number of morpholine rings is 1. The summed E-state index contributed by atoms with van der Waals surface area (Å²) < 4.78 is 83.4. The van der Waals surface area contributed by atoms with E-state index < -0.39 is 65.2 Å². The number of urea groups is 1. The molecule has 4 N–H and O–H groups in total. The number of anilines is 6. The van der Waals surface area contributed by atoms with Gasteiger partial charge >= 0.3 is 403 Å². The summed E-state index contributed by atoms with van der Waals surface area (Å²) in [6.07, 6.45) is 3.93. The van der Waals surface area contributed by atoms with Gasteiger partial charge in [-0.05, 0) is 28.7 Å². The van der Waals surface area contributed by atoms with E-state index in [4.69, 9.17) is 13.6 Å². The van der Waals surface area contributed by atoms with E-state index in [0.29, 0.717) is 94.7 Å². The Balaban J connectivity index is 0.994. The third-order valence-corrected chi connectivity index (χ3v) is 18.3. The van der Waals surface area contributed by atoms with E-state index in [1.54, 1.807) is 77.3 Å². The Bertz CT molecular complexity index is 4280. The fourth-order valence-corrected chi connectivity index (χ4v) is 13.8. The number of amides is 2. The molecule has 410 valence electrons. The molecule has 3 fully saturated rings. The molecule has 22 heteroatoms. The van der Waals surface area contributed by atoms with Gasteiger partial charge < -0.3 is 15.0 Å². The number of carbonyl (C=O) groups is 1. The predicted molar refractivity (Wildman–Crippen MR) is 304 cm³/mol. The third-order valence-electron chi connectivity index (χ3n) is 14.5. The number of nitrogens with zero attached hydrogens (tertiary/aromatic N) is 3. The Hall–Kier alpha value is -6.90. The number of rotatable bonds is 13. The molecule has 11 rings (SSSR count). The van der Waals surface area contributed by atoms with Crippen molar-refractivity contribution in [3.8, 4) is 22.3 Å². The predicted octanol–water partition coefficient (Wildman–Crippen LogP) is 7.50. The van der Waals surface area contributed by atoms with Gasteiger partial charge in [0.1, 0.15) is 0 Å². The number of carbonyl (C=O) groups excluding carboxylic acids is 1. The topological polar surface area (TPSA) is 216 Å². The van der Waals surface area contributed by atoms with E-state index in [1.807, 2.05) is 28.7 Å². The molecule has 2 aliphatic carbocycles. The second-order valence-electron chi connectivity index (χ2n) is 20.1. The molecular weight excluding hydrogens is 1270 g/mol. The zero-order valence-electron chi connectivity index (χ0n) is 43.6. The van der Waals surface area contributed by atoms with Crippen molar-refractivity contribution in [3.63, 3.8) is 0 Å². The van der Waals surface area contributed by atoms with Crippen molar-refractivity contribution in [2.45, 2.75) is 72.4 Å². The van der Waals surface area contributed by atoms with Crippen LogP contribution >= 0.6 is 22.6 Å². The van der Waals surface area contributed by atoms with Crippen LogP contribution in [0, 0.1) is 57.0 Å². The van der Waals surface area contributed by atoms with Crippen molar-refractivity contribution in [2.75, 3.05) is 53.2 Å². The first kappa shape index (κ1) is 54.1. The quantitative estimate of drug-likeness (QED) is 0.0826. The number of benzene rings is 4. The number of pyridine rings is 2. The maximum absolute atomic E-state index is 16.8. The zero-order chi connectivity index (χ0) is 55.9. The zero-order valence-corrected chi connectivity index (χ0v) is 48.7. The van der Waals surface area contributed by atoms with E-state index in [1.165, 1.54) is 38.1 Å². The minimum atomic E-state index is -3.88. The Morgan fingerprint density at radius 2 is 1.23 bits per heavy atom. The van der Waals surface area contributed by atoms with Gasteiger partial charge in [0.2, 0.25) is 0 Å². The van der Waals surface area contributed by atoms with Crippen molar-refractivity contribution >= 4 is 94.7 Å². The number of ether oxygens (including phenoxy) is 1. The van der Waals surface area contributed by atoms with Gasteiger partial charge in [-0.15, -0.1) is 0 Å². The molecule has 2 amide bonds. The second-order valence-corrected chi connectivity index (χ2v) is 26.1. The van der Waals surface area contributed by atoms with Gasteiger partial charge in [-0.1, -0.05) is 0 Å². The SMILES string of the molecule is Cc1c(NS(C)(=O)=O)cc([I-]c2ccc(Nc3c(C)c(=O)oc4c(-c5cccc(NC(=O)N6CCOCC6)c5)c(C)n(C5CC5)c(=O)c34)c(F)c2)cc1-c1c(C)n(C2CC2)c(=O)c2c(Nc3ccc(I)cc3F)c(C)c(=O)oc12. The van der Waals surface area contributed by atoms with Crippen LogP contribution in [0.4, 0.5) is 47.7 Å². The molecule has 8 aromatic rings. The molecule has 0 unspecified atom stereocenters. The number of aromatic nitrogens is 2. The Kier molecular flexibility index (Phi) is 14.3. The van der Waals surface area contributed by atoms with Crippen LogP contribution in [-0.4, -0.2) is 61.0 Å². The van der Waals surface area contributed by atoms with Crippen LogP contribution in [0.25, 0.3) is 44.2 Å². The van der Waals surface area contributed by atoms with Gasteiger partial charge in [-0.2, -0.15) is 0 Å². The number of hydrogen-bond donors (Lipinski definition) is 4. The number of fused-ring (bicyclic) bond motifs is 2. The van der Waals surface area contributed by atoms with E-state index in [2.05, 4.69) is 20.7 Å². The first-order valence-corrected chi connectivity index (χ1v) is 30.5. The van der Waals surface area contributed by atoms with Crippen LogP contribution in [0.1, 0.15) is 65.8 Å². The van der Waals surface area contributed by atoms with Gasteiger partial charge in [-0.3, -0.25) is 0 Å². The molecule has 3 aliphatic rings. The van der Waals surface area contributed by atoms with E-state index in [9.17, 15) is 32.4 Å². The first-order valence-electron chi connectivity index (χ1n) is 25.4. The second kappa shape index (κ2) is 21.0. The molecule has 0 atom stereocenters. The summed E-state index contributed by atoms with van der Waals surface area (Å²) in [7, 11) is -3.88. The standard InChI is InChI=1S/C57H52F2I2N7O10S/c1-27-39(46-31(5)68(38-14-15-38)54(70)48-50(29(3)56(72)78-52(46)48)63-42-16-10-33(60)23-40(42)58)24-35(26-44(27)65-79(6,74)75)61-34-11-17-43(41(59)25-34)64-49-28(2)55(71)77-51-45(30(4)67(37-12-13-37)53(69)47(49)51)32-8-7-9-36(22-32)62-57(73)66-18-20-76-21-19-66/h7-11,16-17,22-26,37-38,63-65H,12-15,18-21H2,1-6H3,(H,62,73)/q-1. The molecule has 79 heavy (non-hydrogen) atoms. The van der Waals surface area contributed by atoms with Gasteiger partial charge in [-0.25, -0.2) is 4.79 Å². The van der Waals surface area contributed by atoms with Gasteiger partial charge in [0.25, 0.3) is 0 Å². The van der Waals surface area contributed by atoms with Crippen LogP contribution in [-0.2, 0) is 14.8 Å². The van der Waals surface area contributed by atoms with Gasteiger partial charge in [0.05, 0.1) is 13.2 Å². The molecule has 0 radical (unpaired) electrons. The number of hydrogen-bond acceptors (Lipinski definition) is 12. The summed E-state index contributed by atoms with van der Waals surface area (Å²) in [5.41, 5.74) is 1.82. The maximum atomic E-state index is 16.8. The summed E-state index contributed by atoms with van der Waals surface area (Å²) in [6.45, 7) is 9.96.